The van der Waals surface area contributed by atoms with Crippen molar-refractivity contribution in [3.8, 4) is 0 Å². The molecule has 0 aliphatic carbocycles. The molecule has 0 aromatic carbocycles. The molecular weight excluding hydrogens is 520 g/mol. The van der Waals surface area contributed by atoms with Gasteiger partial charge < -0.3 is 19.2 Å². The summed E-state index contributed by atoms with van der Waals surface area (Å²) in [6.07, 6.45) is 6.50. The first-order valence-corrected chi connectivity index (χ1v) is 16.5. The number of carbonyl (C=O) groups excluding carboxylic acids is 2. The van der Waals surface area contributed by atoms with Gasteiger partial charge in [-0.1, -0.05) is 33.8 Å². The lowest BCUT2D eigenvalue weighted by atomic mass is 9.77. The van der Waals surface area contributed by atoms with Gasteiger partial charge in [-0.15, -0.1) is 11.3 Å². The molecule has 206 valence electrons. The summed E-state index contributed by atoms with van der Waals surface area (Å²) in [6, 6.07) is 3.38. The van der Waals surface area contributed by atoms with Gasteiger partial charge in [-0.3, -0.25) is 19.0 Å². The number of fused-ring (bicyclic) bond motifs is 1. The highest BCUT2D eigenvalue weighted by Crippen LogP contribution is 2.41. The smallest absolute Gasteiger partial charge is 0.243 e. The number of amides is 1. The van der Waals surface area contributed by atoms with Crippen LogP contribution in [0.3, 0.4) is 0 Å². The van der Waals surface area contributed by atoms with E-state index in [1.54, 1.807) is 45.2 Å². The third-order valence-corrected chi connectivity index (χ3v) is 13.8. The van der Waals surface area contributed by atoms with Crippen molar-refractivity contribution in [2.24, 2.45) is 11.8 Å². The first kappa shape index (κ1) is 28.6. The molecule has 1 aliphatic rings. The Morgan fingerprint density at radius 2 is 1.89 bits per heavy atom. The van der Waals surface area contributed by atoms with Crippen molar-refractivity contribution < 1.29 is 23.5 Å². The highest BCUT2D eigenvalue weighted by Gasteiger charge is 2.50. The maximum atomic E-state index is 13.7. The number of nitrogens with one attached hydrogen (secondary N) is 1. The van der Waals surface area contributed by atoms with Crippen LogP contribution in [0.15, 0.2) is 37.1 Å². The molecular formula is C27H38N4O5SSi. The van der Waals surface area contributed by atoms with Crippen LogP contribution >= 0.6 is 11.3 Å². The molecule has 0 spiro atoms. The summed E-state index contributed by atoms with van der Waals surface area (Å²) in [5.41, 5.74) is 1.23. The monoisotopic (exact) mass is 558 g/mol. The molecule has 1 N–H and O–H groups in total. The second kappa shape index (κ2) is 10.3. The van der Waals surface area contributed by atoms with E-state index in [1.165, 1.54) is 11.3 Å². The van der Waals surface area contributed by atoms with Crippen molar-refractivity contribution in [2.45, 2.75) is 70.7 Å². The number of thiazole rings is 1. The minimum atomic E-state index is -2.07. The summed E-state index contributed by atoms with van der Waals surface area (Å²) in [4.78, 5) is 36.3. The summed E-state index contributed by atoms with van der Waals surface area (Å²) in [6.45, 7) is 14.7. The molecule has 0 radical (unpaired) electrons. The predicted molar refractivity (Wildman–Crippen MR) is 149 cm³/mol. The number of aromatic nitrogens is 3. The SMILES string of the molecule is COC(OC)(c1cccnc1)c1ncn2cc(C(=O)[C@H](C)C3NC(=O)C3[C@@H](C)O[Si](C)(C)C(C)(C)C)sc12. The van der Waals surface area contributed by atoms with Crippen LogP contribution in [-0.4, -0.2) is 60.7 Å². The standard InChI is InChI=1S/C27H38N4O5SSi/c1-16(21-20(24(33)30-21)17(2)36-38(8,9)26(3,4)5)22(32)19-14-31-15-29-23(25(31)37-19)27(34-6,35-7)18-11-10-12-28-13-18/h10-17,20-21H,1-9H3,(H,30,33)/t16-,17-,20?,21?/m1/s1. The molecule has 9 nitrogen and oxygen atoms in total. The van der Waals surface area contributed by atoms with E-state index in [1.807, 2.05) is 24.3 Å². The van der Waals surface area contributed by atoms with Crippen LogP contribution in [0.4, 0.5) is 0 Å². The molecule has 0 bridgehead atoms. The number of carbonyl (C=O) groups is 2. The lowest BCUT2D eigenvalue weighted by Crippen LogP contribution is -2.66. The number of hydrogen-bond donors (Lipinski definition) is 1. The van der Waals surface area contributed by atoms with Crippen LogP contribution in [0.2, 0.25) is 18.1 Å². The first-order valence-electron chi connectivity index (χ1n) is 12.8. The molecule has 1 aliphatic heterocycles. The highest BCUT2D eigenvalue weighted by atomic mass is 32.1. The zero-order valence-corrected chi connectivity index (χ0v) is 25.4. The summed E-state index contributed by atoms with van der Waals surface area (Å²) in [5, 5.41) is 2.99. The van der Waals surface area contributed by atoms with Crippen molar-refractivity contribution in [2.75, 3.05) is 14.2 Å². The number of methoxy groups -OCH3 is 2. The van der Waals surface area contributed by atoms with E-state index in [0.29, 0.717) is 16.1 Å². The van der Waals surface area contributed by atoms with E-state index in [4.69, 9.17) is 13.9 Å². The van der Waals surface area contributed by atoms with Gasteiger partial charge >= 0.3 is 0 Å². The Balaban J connectivity index is 1.59. The Bertz CT molecular complexity index is 1310. The molecule has 4 atom stereocenters. The average Bonchev–Trinajstić information content (AvgIpc) is 3.44. The molecule has 2 unspecified atom stereocenters. The van der Waals surface area contributed by atoms with E-state index in [0.717, 1.165) is 4.83 Å². The summed E-state index contributed by atoms with van der Waals surface area (Å²) in [5.74, 6) is -2.17. The second-order valence-electron chi connectivity index (χ2n) is 11.5. The minimum Gasteiger partial charge on any atom is -0.413 e. The summed E-state index contributed by atoms with van der Waals surface area (Å²) in [7, 11) is 1.03. The molecule has 1 fully saturated rings. The molecule has 4 rings (SSSR count). The molecule has 3 aromatic heterocycles. The van der Waals surface area contributed by atoms with E-state index in [-0.39, 0.29) is 34.8 Å². The maximum absolute atomic E-state index is 13.7. The molecule has 3 aromatic rings. The van der Waals surface area contributed by atoms with Crippen LogP contribution in [0.5, 0.6) is 0 Å². The highest BCUT2D eigenvalue weighted by molar-refractivity contribution is 7.19. The van der Waals surface area contributed by atoms with Crippen molar-refractivity contribution in [1.29, 1.82) is 0 Å². The number of pyridine rings is 1. The zero-order valence-electron chi connectivity index (χ0n) is 23.6. The lowest BCUT2D eigenvalue weighted by Gasteiger charge is -2.46. The van der Waals surface area contributed by atoms with E-state index in [2.05, 4.69) is 49.1 Å². The number of Topliss-reactive ketones (excluding diaryl/α,β-unsaturated/α-hetero) is 1. The fourth-order valence-corrected chi connectivity index (χ4v) is 7.39. The van der Waals surface area contributed by atoms with Crippen LogP contribution < -0.4 is 5.32 Å². The third kappa shape index (κ3) is 4.75. The van der Waals surface area contributed by atoms with Gasteiger partial charge in [0.1, 0.15) is 16.9 Å². The van der Waals surface area contributed by atoms with Gasteiger partial charge in [0.15, 0.2) is 14.1 Å². The van der Waals surface area contributed by atoms with Crippen LogP contribution in [0, 0.1) is 11.8 Å². The van der Waals surface area contributed by atoms with Gasteiger partial charge in [0, 0.05) is 44.3 Å². The van der Waals surface area contributed by atoms with E-state index in [9.17, 15) is 9.59 Å². The number of ketones is 1. The molecule has 1 amide bonds. The van der Waals surface area contributed by atoms with Gasteiger partial charge in [-0.05, 0) is 31.1 Å². The summed E-state index contributed by atoms with van der Waals surface area (Å²) < 4.78 is 20.0. The Hall–Kier alpha value is -2.44. The Morgan fingerprint density at radius 1 is 1.21 bits per heavy atom. The van der Waals surface area contributed by atoms with Crippen LogP contribution in [0.25, 0.3) is 4.83 Å². The molecule has 1 saturated heterocycles. The molecule has 0 saturated carbocycles. The van der Waals surface area contributed by atoms with Crippen molar-refractivity contribution in [3.05, 3.63) is 53.2 Å². The normalized spacial score (nSPS) is 20.2. The number of hydrogen-bond acceptors (Lipinski definition) is 8. The number of rotatable bonds is 10. The van der Waals surface area contributed by atoms with Crippen LogP contribution in [0.1, 0.15) is 55.5 Å². The maximum Gasteiger partial charge on any atom is 0.243 e. The average molecular weight is 559 g/mol. The van der Waals surface area contributed by atoms with Gasteiger partial charge in [-0.2, -0.15) is 0 Å². The zero-order chi connectivity index (χ0) is 28.0. The van der Waals surface area contributed by atoms with Gasteiger partial charge in [0.25, 0.3) is 0 Å². The number of imidazole rings is 1. The van der Waals surface area contributed by atoms with Crippen molar-refractivity contribution in [1.82, 2.24) is 19.7 Å². The number of nitrogens with zero attached hydrogens (tertiary/aromatic N) is 3. The minimum absolute atomic E-state index is 0.0262. The quantitative estimate of drug-likeness (QED) is 0.167. The molecule has 4 heterocycles. The fraction of sp³-hybridized carbons (Fsp3) is 0.556. The van der Waals surface area contributed by atoms with Gasteiger partial charge in [0.05, 0.1) is 22.9 Å². The van der Waals surface area contributed by atoms with Crippen LogP contribution in [-0.2, 0) is 24.5 Å². The van der Waals surface area contributed by atoms with Gasteiger partial charge in [0.2, 0.25) is 11.7 Å². The molecule has 11 heteroatoms. The number of β-lactam (4-membered cyclic amide) rings is 1. The molecule has 38 heavy (non-hydrogen) atoms. The van der Waals surface area contributed by atoms with Crippen molar-refractivity contribution >= 4 is 36.2 Å². The van der Waals surface area contributed by atoms with Crippen molar-refractivity contribution in [3.63, 3.8) is 0 Å². The predicted octanol–water partition coefficient (Wildman–Crippen LogP) is 4.63. The third-order valence-electron chi connectivity index (χ3n) is 8.13. The van der Waals surface area contributed by atoms with E-state index < -0.39 is 20.0 Å². The topological polar surface area (TPSA) is 104 Å². The Kier molecular flexibility index (Phi) is 7.72. The second-order valence-corrected chi connectivity index (χ2v) is 17.3. The summed E-state index contributed by atoms with van der Waals surface area (Å²) >= 11 is 1.33. The van der Waals surface area contributed by atoms with E-state index >= 15 is 0 Å². The lowest BCUT2D eigenvalue weighted by molar-refractivity contribution is -0.185. The fourth-order valence-electron chi connectivity index (χ4n) is 4.81. The largest absolute Gasteiger partial charge is 0.413 e. The van der Waals surface area contributed by atoms with Gasteiger partial charge in [-0.25, -0.2) is 4.98 Å². The Morgan fingerprint density at radius 3 is 2.45 bits per heavy atom. The Labute approximate surface area is 229 Å². The number of ether oxygens (including phenoxy) is 2. The first-order chi connectivity index (χ1) is 17.8.